The molecule has 2 aromatic carbocycles. The monoisotopic (exact) mass is 469 g/mol. The van der Waals surface area contributed by atoms with Gasteiger partial charge in [-0.1, -0.05) is 42.1 Å². The summed E-state index contributed by atoms with van der Waals surface area (Å²) in [5, 5.41) is 4.08. The van der Waals surface area contributed by atoms with Gasteiger partial charge < -0.3 is 10.1 Å². The minimum atomic E-state index is -0.148. The van der Waals surface area contributed by atoms with Crippen molar-refractivity contribution in [1.29, 1.82) is 0 Å². The van der Waals surface area contributed by atoms with Crippen LogP contribution in [-0.4, -0.2) is 40.2 Å². The Hall–Kier alpha value is -2.55. The van der Waals surface area contributed by atoms with Gasteiger partial charge >= 0.3 is 0 Å². The van der Waals surface area contributed by atoms with E-state index in [4.69, 9.17) is 4.74 Å². The third-order valence-electron chi connectivity index (χ3n) is 4.55. The van der Waals surface area contributed by atoms with E-state index in [9.17, 15) is 9.59 Å². The number of ether oxygens (including phenoxy) is 1. The summed E-state index contributed by atoms with van der Waals surface area (Å²) in [6.07, 6.45) is 2.52. The molecule has 0 fully saturated rings. The Balaban J connectivity index is 1.75. The quantitative estimate of drug-likeness (QED) is 0.177. The lowest BCUT2D eigenvalue weighted by molar-refractivity contribution is -0.113. The zero-order valence-corrected chi connectivity index (χ0v) is 19.7. The van der Waals surface area contributed by atoms with Gasteiger partial charge in [-0.15, -0.1) is 18.3 Å². The van der Waals surface area contributed by atoms with Crippen LogP contribution in [0.15, 0.2) is 76.0 Å². The van der Waals surface area contributed by atoms with Gasteiger partial charge in [0.15, 0.2) is 5.16 Å². The molecule has 0 aliphatic rings. The van der Waals surface area contributed by atoms with Crippen molar-refractivity contribution >= 4 is 46.0 Å². The van der Waals surface area contributed by atoms with Gasteiger partial charge in [-0.25, -0.2) is 4.98 Å². The maximum Gasteiger partial charge on any atom is 0.262 e. The number of fused-ring (bicyclic) bond motifs is 1. The molecular formula is C24H27N3O3S2. The average Bonchev–Trinajstić information content (AvgIpc) is 2.81. The van der Waals surface area contributed by atoms with Crippen LogP contribution >= 0.6 is 23.5 Å². The maximum atomic E-state index is 13.1. The smallest absolute Gasteiger partial charge is 0.262 e. The number of thioether (sulfide) groups is 2. The number of anilines is 1. The summed E-state index contributed by atoms with van der Waals surface area (Å²) < 4.78 is 7.06. The first-order chi connectivity index (χ1) is 15.6. The number of hydrogen-bond donors (Lipinski definition) is 1. The van der Waals surface area contributed by atoms with Gasteiger partial charge in [-0.05, 0) is 37.6 Å². The molecule has 0 aliphatic heterocycles. The second kappa shape index (κ2) is 12.5. The van der Waals surface area contributed by atoms with Gasteiger partial charge in [0.25, 0.3) is 5.56 Å². The van der Waals surface area contributed by atoms with Crippen molar-refractivity contribution in [1.82, 2.24) is 9.55 Å². The van der Waals surface area contributed by atoms with E-state index in [1.165, 1.54) is 11.8 Å². The number of rotatable bonds is 12. The standard InChI is InChI=1S/C24H27N3O3S2/c1-3-16-31-21-13-8-7-12-20(21)25-22(28)17-32-24-26-19-11-6-5-10-18(19)23(29)27(24)14-9-15-30-4-2/h3,5-8,10-13H,1,4,9,14-17H2,2H3,(H,25,28). The van der Waals surface area contributed by atoms with E-state index in [1.807, 2.05) is 55.5 Å². The fourth-order valence-corrected chi connectivity index (χ4v) is 4.66. The van der Waals surface area contributed by atoms with Crippen molar-refractivity contribution in [3.05, 3.63) is 71.5 Å². The molecule has 0 atom stereocenters. The molecule has 168 valence electrons. The Bertz CT molecular complexity index is 1130. The predicted molar refractivity (Wildman–Crippen MR) is 134 cm³/mol. The summed E-state index contributed by atoms with van der Waals surface area (Å²) in [5.41, 5.74) is 1.30. The number of amides is 1. The van der Waals surface area contributed by atoms with Gasteiger partial charge in [0.2, 0.25) is 5.91 Å². The molecule has 0 unspecified atom stereocenters. The first-order valence-corrected chi connectivity index (χ1v) is 12.4. The van der Waals surface area contributed by atoms with Crippen LogP contribution in [0, 0.1) is 0 Å². The number of nitrogens with one attached hydrogen (secondary N) is 1. The zero-order chi connectivity index (χ0) is 22.8. The van der Waals surface area contributed by atoms with Crippen LogP contribution in [0.5, 0.6) is 0 Å². The highest BCUT2D eigenvalue weighted by Gasteiger charge is 2.14. The Morgan fingerprint density at radius 3 is 2.78 bits per heavy atom. The van der Waals surface area contributed by atoms with Gasteiger partial charge in [-0.3, -0.25) is 14.2 Å². The summed E-state index contributed by atoms with van der Waals surface area (Å²) in [6, 6.07) is 15.0. The second-order valence-electron chi connectivity index (χ2n) is 6.85. The number of hydrogen-bond acceptors (Lipinski definition) is 6. The fourth-order valence-electron chi connectivity index (χ4n) is 3.08. The third kappa shape index (κ3) is 6.48. The Morgan fingerprint density at radius 2 is 1.97 bits per heavy atom. The molecule has 8 heteroatoms. The largest absolute Gasteiger partial charge is 0.382 e. The number of benzene rings is 2. The number of carbonyl (C=O) groups is 1. The van der Waals surface area contributed by atoms with E-state index >= 15 is 0 Å². The van der Waals surface area contributed by atoms with Crippen LogP contribution in [0.2, 0.25) is 0 Å². The summed E-state index contributed by atoms with van der Waals surface area (Å²) in [5.74, 6) is 0.762. The molecule has 1 heterocycles. The summed E-state index contributed by atoms with van der Waals surface area (Å²) in [6.45, 7) is 7.38. The molecule has 0 saturated heterocycles. The first-order valence-electron chi connectivity index (χ1n) is 10.5. The number of carbonyl (C=O) groups excluding carboxylic acids is 1. The van der Waals surface area contributed by atoms with Crippen molar-refractivity contribution in [2.75, 3.05) is 30.0 Å². The van der Waals surface area contributed by atoms with E-state index in [2.05, 4.69) is 16.9 Å². The Labute approximate surface area is 196 Å². The van der Waals surface area contributed by atoms with Gasteiger partial charge in [0, 0.05) is 30.4 Å². The number of nitrogens with zero attached hydrogens (tertiary/aromatic N) is 2. The molecule has 3 rings (SSSR count). The highest BCUT2D eigenvalue weighted by molar-refractivity contribution is 8.00. The molecule has 0 aliphatic carbocycles. The Morgan fingerprint density at radius 1 is 1.19 bits per heavy atom. The lowest BCUT2D eigenvalue weighted by Crippen LogP contribution is -2.25. The highest BCUT2D eigenvalue weighted by atomic mass is 32.2. The van der Waals surface area contributed by atoms with E-state index < -0.39 is 0 Å². The number of aromatic nitrogens is 2. The van der Waals surface area contributed by atoms with Crippen molar-refractivity contribution in [2.24, 2.45) is 0 Å². The molecule has 0 saturated carbocycles. The maximum absolute atomic E-state index is 13.1. The molecule has 1 aromatic heterocycles. The van der Waals surface area contributed by atoms with E-state index in [0.29, 0.717) is 42.2 Å². The summed E-state index contributed by atoms with van der Waals surface area (Å²) >= 11 is 2.88. The minimum absolute atomic E-state index is 0.0961. The normalized spacial score (nSPS) is 10.9. The SMILES string of the molecule is C=CCSc1ccccc1NC(=O)CSc1nc2ccccc2c(=O)n1CCCOCC. The molecule has 3 aromatic rings. The molecule has 0 radical (unpaired) electrons. The fraction of sp³-hybridized carbons (Fsp3) is 0.292. The average molecular weight is 470 g/mol. The second-order valence-corrected chi connectivity index (χ2v) is 8.86. The van der Waals surface area contributed by atoms with E-state index in [-0.39, 0.29) is 17.2 Å². The lowest BCUT2D eigenvalue weighted by atomic mass is 10.2. The van der Waals surface area contributed by atoms with Crippen LogP contribution in [0.1, 0.15) is 13.3 Å². The topological polar surface area (TPSA) is 73.2 Å². The van der Waals surface area contributed by atoms with Crippen molar-refractivity contribution in [2.45, 2.75) is 29.9 Å². The molecule has 1 N–H and O–H groups in total. The molecule has 32 heavy (non-hydrogen) atoms. The minimum Gasteiger partial charge on any atom is -0.382 e. The molecule has 0 bridgehead atoms. The van der Waals surface area contributed by atoms with E-state index in [0.717, 1.165) is 16.3 Å². The molecule has 0 spiro atoms. The van der Waals surface area contributed by atoms with Crippen LogP contribution in [0.25, 0.3) is 10.9 Å². The molecule has 6 nitrogen and oxygen atoms in total. The van der Waals surface area contributed by atoms with Crippen molar-refractivity contribution in [3.8, 4) is 0 Å². The van der Waals surface area contributed by atoms with Crippen molar-refractivity contribution < 1.29 is 9.53 Å². The van der Waals surface area contributed by atoms with Crippen molar-refractivity contribution in [3.63, 3.8) is 0 Å². The molecular weight excluding hydrogens is 442 g/mol. The highest BCUT2D eigenvalue weighted by Crippen LogP contribution is 2.27. The lowest BCUT2D eigenvalue weighted by Gasteiger charge is -2.14. The third-order valence-corrected chi connectivity index (χ3v) is 6.60. The Kier molecular flexibility index (Phi) is 9.40. The molecule has 1 amide bonds. The van der Waals surface area contributed by atoms with Crippen LogP contribution in [0.3, 0.4) is 0 Å². The van der Waals surface area contributed by atoms with Crippen LogP contribution in [0.4, 0.5) is 5.69 Å². The summed E-state index contributed by atoms with van der Waals surface area (Å²) in [7, 11) is 0. The predicted octanol–water partition coefficient (Wildman–Crippen LogP) is 4.83. The summed E-state index contributed by atoms with van der Waals surface area (Å²) in [4.78, 5) is 31.4. The van der Waals surface area contributed by atoms with E-state index in [1.54, 1.807) is 22.4 Å². The van der Waals surface area contributed by atoms with Gasteiger partial charge in [0.1, 0.15) is 0 Å². The zero-order valence-electron chi connectivity index (χ0n) is 18.1. The number of para-hydroxylation sites is 2. The van der Waals surface area contributed by atoms with Crippen LogP contribution < -0.4 is 10.9 Å². The van der Waals surface area contributed by atoms with Gasteiger partial charge in [0.05, 0.1) is 22.3 Å². The van der Waals surface area contributed by atoms with Crippen LogP contribution in [-0.2, 0) is 16.1 Å². The first kappa shape index (κ1) is 24.1. The van der Waals surface area contributed by atoms with Gasteiger partial charge in [-0.2, -0.15) is 0 Å².